The first-order valence-electron chi connectivity index (χ1n) is 5.29. The fourth-order valence-electron chi connectivity index (χ4n) is 1.43. The highest BCUT2D eigenvalue weighted by Crippen LogP contribution is 2.15. The Labute approximate surface area is 90.6 Å². The number of hydrogen-bond donors (Lipinski definition) is 1. The smallest absolute Gasteiger partial charge is 0.386 e. The van der Waals surface area contributed by atoms with Crippen molar-refractivity contribution in [2.75, 3.05) is 14.2 Å². The van der Waals surface area contributed by atoms with Crippen LogP contribution in [-0.4, -0.2) is 31.2 Å². The maximum Gasteiger partial charge on any atom is 0.417 e. The highest BCUT2D eigenvalue weighted by Gasteiger charge is 2.39. The van der Waals surface area contributed by atoms with Gasteiger partial charge in [0.1, 0.15) is 8.24 Å². The summed E-state index contributed by atoms with van der Waals surface area (Å²) in [6, 6.07) is 1.04. The molecule has 0 unspecified atom stereocenters. The summed E-state index contributed by atoms with van der Waals surface area (Å²) in [6.45, 7) is 9.02. The van der Waals surface area contributed by atoms with Crippen LogP contribution in [0.2, 0.25) is 25.7 Å². The maximum absolute atomic E-state index is 5.61. The zero-order valence-corrected chi connectivity index (χ0v) is 12.4. The molecule has 14 heavy (non-hydrogen) atoms. The van der Waals surface area contributed by atoms with Crippen LogP contribution >= 0.6 is 0 Å². The molecule has 0 aliphatic heterocycles. The fourth-order valence-corrected chi connectivity index (χ4v) is 8.71. The third-order valence-electron chi connectivity index (χ3n) is 2.08. The molecule has 0 rings (SSSR count). The van der Waals surface area contributed by atoms with Gasteiger partial charge in [0.25, 0.3) is 0 Å². The minimum Gasteiger partial charge on any atom is -0.386 e. The van der Waals surface area contributed by atoms with Crippen LogP contribution in [0.25, 0.3) is 0 Å². The molecule has 1 N–H and O–H groups in total. The number of nitrogens with one attached hydrogen (secondary N) is 1. The lowest BCUT2D eigenvalue weighted by molar-refractivity contribution is 0.235. The average molecular weight is 235 g/mol. The van der Waals surface area contributed by atoms with E-state index in [0.717, 1.165) is 6.04 Å². The summed E-state index contributed by atoms with van der Waals surface area (Å²) in [7, 11) is 0.114. The normalized spacial score (nSPS) is 13.3. The van der Waals surface area contributed by atoms with Gasteiger partial charge in [-0.15, -0.1) is 0 Å². The lowest BCUT2D eigenvalue weighted by Crippen LogP contribution is -2.63. The van der Waals surface area contributed by atoms with Gasteiger partial charge in [0.2, 0.25) is 0 Å². The third-order valence-corrected chi connectivity index (χ3v) is 8.94. The summed E-state index contributed by atoms with van der Waals surface area (Å²) in [4.78, 5) is 0. The number of rotatable bonds is 7. The van der Waals surface area contributed by atoms with E-state index in [-0.39, 0.29) is 0 Å². The van der Waals surface area contributed by atoms with Crippen molar-refractivity contribution in [3.63, 3.8) is 0 Å². The second-order valence-corrected chi connectivity index (χ2v) is 13.0. The van der Waals surface area contributed by atoms with Gasteiger partial charge in [0.05, 0.1) is 0 Å². The molecule has 0 spiro atoms. The monoisotopic (exact) mass is 235 g/mol. The molecule has 86 valence electrons. The summed E-state index contributed by atoms with van der Waals surface area (Å²) < 4.78 is 14.8. The van der Waals surface area contributed by atoms with E-state index < -0.39 is 17.0 Å². The van der Waals surface area contributed by atoms with Crippen molar-refractivity contribution in [2.24, 2.45) is 0 Å². The molecule has 3 nitrogen and oxygen atoms in total. The molecule has 0 saturated carbocycles. The van der Waals surface area contributed by atoms with Gasteiger partial charge in [-0.25, -0.2) is 0 Å². The second kappa shape index (κ2) is 6.02. The van der Waals surface area contributed by atoms with E-state index in [1.54, 1.807) is 14.2 Å². The largest absolute Gasteiger partial charge is 0.417 e. The highest BCUT2D eigenvalue weighted by molar-refractivity contribution is 6.86. The SMILES string of the molecule is CCCC[Si](N[Si](C)(C)C)(OC)OC. The van der Waals surface area contributed by atoms with Crippen LogP contribution in [0.15, 0.2) is 0 Å². The van der Waals surface area contributed by atoms with Crippen molar-refractivity contribution in [1.29, 1.82) is 0 Å². The molecule has 0 aliphatic rings. The summed E-state index contributed by atoms with van der Waals surface area (Å²) in [5, 5.41) is 0. The van der Waals surface area contributed by atoms with E-state index in [9.17, 15) is 0 Å². The molecular formula is C9H25NO2Si2. The molecule has 0 amide bonds. The minimum absolute atomic E-state index is 1.04. The summed E-state index contributed by atoms with van der Waals surface area (Å²) >= 11 is 0. The Balaban J connectivity index is 4.36. The van der Waals surface area contributed by atoms with Gasteiger partial charge in [-0.2, -0.15) is 0 Å². The Morgan fingerprint density at radius 1 is 1.07 bits per heavy atom. The van der Waals surface area contributed by atoms with Crippen LogP contribution in [0, 0.1) is 0 Å². The number of unbranched alkanes of at least 4 members (excludes halogenated alkanes) is 1. The predicted molar refractivity (Wildman–Crippen MR) is 66.0 cm³/mol. The third kappa shape index (κ3) is 5.26. The van der Waals surface area contributed by atoms with Gasteiger partial charge < -0.3 is 13.5 Å². The lowest BCUT2D eigenvalue weighted by atomic mass is 10.4. The van der Waals surface area contributed by atoms with Crippen molar-refractivity contribution in [2.45, 2.75) is 45.5 Å². The minimum atomic E-state index is -2.09. The van der Waals surface area contributed by atoms with Crippen molar-refractivity contribution in [3.8, 4) is 0 Å². The Morgan fingerprint density at radius 3 is 1.86 bits per heavy atom. The van der Waals surface area contributed by atoms with Crippen molar-refractivity contribution < 1.29 is 8.85 Å². The molecule has 0 saturated heterocycles. The van der Waals surface area contributed by atoms with Crippen LogP contribution in [0.5, 0.6) is 0 Å². The maximum atomic E-state index is 5.61. The molecular weight excluding hydrogens is 210 g/mol. The molecule has 0 radical (unpaired) electrons. The Kier molecular flexibility index (Phi) is 6.15. The first-order valence-corrected chi connectivity index (χ1v) is 10.8. The van der Waals surface area contributed by atoms with Crippen molar-refractivity contribution in [1.82, 2.24) is 4.65 Å². The van der Waals surface area contributed by atoms with Gasteiger partial charge in [-0.05, 0) is 0 Å². The summed E-state index contributed by atoms with van der Waals surface area (Å²) in [5.41, 5.74) is 0. The molecule has 0 aromatic heterocycles. The lowest BCUT2D eigenvalue weighted by Gasteiger charge is -2.33. The van der Waals surface area contributed by atoms with Gasteiger partial charge in [0, 0.05) is 20.3 Å². The van der Waals surface area contributed by atoms with E-state index >= 15 is 0 Å². The van der Waals surface area contributed by atoms with E-state index in [1.165, 1.54) is 12.8 Å². The van der Waals surface area contributed by atoms with Crippen LogP contribution in [0.1, 0.15) is 19.8 Å². The molecule has 0 aromatic carbocycles. The van der Waals surface area contributed by atoms with Crippen LogP contribution < -0.4 is 4.65 Å². The van der Waals surface area contributed by atoms with Gasteiger partial charge in [-0.3, -0.25) is 0 Å². The Morgan fingerprint density at radius 2 is 1.57 bits per heavy atom. The van der Waals surface area contributed by atoms with Crippen molar-refractivity contribution in [3.05, 3.63) is 0 Å². The van der Waals surface area contributed by atoms with E-state index in [2.05, 4.69) is 31.2 Å². The number of hydrogen-bond acceptors (Lipinski definition) is 3. The second-order valence-electron chi connectivity index (χ2n) is 4.64. The molecule has 0 atom stereocenters. The van der Waals surface area contributed by atoms with Crippen LogP contribution in [0.3, 0.4) is 0 Å². The Bertz CT molecular complexity index is 155. The quantitative estimate of drug-likeness (QED) is 0.688. The van der Waals surface area contributed by atoms with Gasteiger partial charge >= 0.3 is 8.72 Å². The molecule has 0 bridgehead atoms. The molecule has 0 aromatic rings. The molecule has 0 heterocycles. The average Bonchev–Trinajstić information content (AvgIpc) is 2.10. The van der Waals surface area contributed by atoms with Crippen LogP contribution in [0.4, 0.5) is 0 Å². The zero-order chi connectivity index (χ0) is 11.2. The summed E-state index contributed by atoms with van der Waals surface area (Å²) in [5.74, 6) is 0. The molecule has 0 fully saturated rings. The van der Waals surface area contributed by atoms with Gasteiger partial charge in [-0.1, -0.05) is 39.4 Å². The van der Waals surface area contributed by atoms with Crippen LogP contribution in [-0.2, 0) is 8.85 Å². The molecule has 5 heteroatoms. The topological polar surface area (TPSA) is 30.5 Å². The highest BCUT2D eigenvalue weighted by atomic mass is 28.4. The zero-order valence-electron chi connectivity index (χ0n) is 10.4. The molecule has 0 aliphatic carbocycles. The first-order chi connectivity index (χ1) is 6.39. The van der Waals surface area contributed by atoms with E-state index in [0.29, 0.717) is 0 Å². The Hall–Kier alpha value is 0.314. The standard InChI is InChI=1S/C9H25NO2Si2/c1-7-8-9-14(11-2,12-3)10-13(4,5)6/h10H,7-9H2,1-6H3. The van der Waals surface area contributed by atoms with Crippen molar-refractivity contribution >= 4 is 17.0 Å². The van der Waals surface area contributed by atoms with E-state index in [4.69, 9.17) is 8.85 Å². The van der Waals surface area contributed by atoms with E-state index in [1.807, 2.05) is 0 Å². The summed E-state index contributed by atoms with van der Waals surface area (Å²) in [6.07, 6.45) is 2.36. The predicted octanol–water partition coefficient (Wildman–Crippen LogP) is 2.44. The first kappa shape index (κ1) is 14.3. The fraction of sp³-hybridized carbons (Fsp3) is 1.00. The van der Waals surface area contributed by atoms with Gasteiger partial charge in [0.15, 0.2) is 0 Å².